The summed E-state index contributed by atoms with van der Waals surface area (Å²) in [6, 6.07) is 8.51. The quantitative estimate of drug-likeness (QED) is 0.675. The fourth-order valence-corrected chi connectivity index (χ4v) is 1.44. The van der Waals surface area contributed by atoms with Crippen LogP contribution in [0.15, 0.2) is 34.4 Å². The normalized spacial score (nSPS) is 10.1. The van der Waals surface area contributed by atoms with Crippen LogP contribution in [0, 0.1) is 0 Å². The number of aromatic nitrogens is 1. The Bertz CT molecular complexity index is 351. The third-order valence-electron chi connectivity index (χ3n) is 2.53. The van der Waals surface area contributed by atoms with Crippen LogP contribution >= 0.6 is 0 Å². The molecule has 0 fully saturated rings. The van der Waals surface area contributed by atoms with Gasteiger partial charge in [-0.3, -0.25) is 4.98 Å². The molecule has 1 aromatic heterocycles. The fourth-order valence-electron chi connectivity index (χ4n) is 1.44. The van der Waals surface area contributed by atoms with Crippen molar-refractivity contribution in [1.82, 2.24) is 9.88 Å². The molecule has 0 N–H and O–H groups in total. The van der Waals surface area contributed by atoms with Crippen LogP contribution in [0.3, 0.4) is 0 Å². The fraction of sp³-hybridized carbons (Fsp3) is 0.538. The number of aliphatic imine (C=N–C) groups is 2. The van der Waals surface area contributed by atoms with E-state index < -0.39 is 0 Å². The Hall–Kier alpha value is -1.51. The van der Waals surface area contributed by atoms with Gasteiger partial charge >= 0.3 is 0 Å². The molecule has 0 unspecified atom stereocenters. The first-order chi connectivity index (χ1) is 8.36. The zero-order chi connectivity index (χ0) is 12.3. The molecule has 0 aromatic carbocycles. The maximum Gasteiger partial charge on any atom is 0.0921 e. The van der Waals surface area contributed by atoms with Gasteiger partial charge in [0.2, 0.25) is 0 Å². The number of hydrogen-bond acceptors (Lipinski definition) is 4. The Kier molecular flexibility index (Phi) is 6.87. The molecule has 0 saturated carbocycles. The molecule has 0 aliphatic rings. The highest BCUT2D eigenvalue weighted by molar-refractivity contribution is 5.41. The van der Waals surface area contributed by atoms with Crippen molar-refractivity contribution in [3.05, 3.63) is 30.1 Å². The van der Waals surface area contributed by atoms with Gasteiger partial charge in [0.15, 0.2) is 0 Å². The summed E-state index contributed by atoms with van der Waals surface area (Å²) >= 11 is 0. The van der Waals surface area contributed by atoms with E-state index in [0.29, 0.717) is 6.54 Å². The summed E-state index contributed by atoms with van der Waals surface area (Å²) in [5.74, 6) is 0. The minimum absolute atomic E-state index is 0.551. The molecule has 1 aromatic rings. The molecule has 1 rings (SSSR count). The molecule has 0 bridgehead atoms. The average Bonchev–Trinajstić information content (AvgIpc) is 2.39. The summed E-state index contributed by atoms with van der Waals surface area (Å²) in [6.07, 6.45) is 1.77. The van der Waals surface area contributed by atoms with E-state index >= 15 is 0 Å². The van der Waals surface area contributed by atoms with Gasteiger partial charge in [0.1, 0.15) is 0 Å². The van der Waals surface area contributed by atoms with E-state index in [0.717, 1.165) is 31.9 Å². The van der Waals surface area contributed by atoms with E-state index in [2.05, 4.69) is 39.7 Å². The van der Waals surface area contributed by atoms with Crippen LogP contribution < -0.4 is 0 Å². The van der Waals surface area contributed by atoms with Gasteiger partial charge in [-0.25, -0.2) is 9.98 Å². The van der Waals surface area contributed by atoms with Crippen molar-refractivity contribution in [2.45, 2.75) is 20.4 Å². The SMILES string of the molecule is CCN(CC)CCN=C=NCc1ccccn1. The van der Waals surface area contributed by atoms with Crippen LogP contribution in [0.4, 0.5) is 0 Å². The van der Waals surface area contributed by atoms with Crippen molar-refractivity contribution in [3.63, 3.8) is 0 Å². The molecule has 0 aliphatic heterocycles. The third kappa shape index (κ3) is 5.95. The molecule has 0 aliphatic carbocycles. The second-order valence-electron chi connectivity index (χ2n) is 3.65. The Balaban J connectivity index is 2.25. The lowest BCUT2D eigenvalue weighted by molar-refractivity contribution is 0.313. The molecule has 17 heavy (non-hydrogen) atoms. The maximum atomic E-state index is 4.17. The highest BCUT2D eigenvalue weighted by Gasteiger charge is 1.95. The van der Waals surface area contributed by atoms with Crippen LogP contribution in [-0.4, -0.2) is 42.1 Å². The first kappa shape index (κ1) is 13.6. The van der Waals surface area contributed by atoms with Gasteiger partial charge in [-0.15, -0.1) is 0 Å². The van der Waals surface area contributed by atoms with E-state index in [1.54, 1.807) is 6.20 Å². The summed E-state index contributed by atoms with van der Waals surface area (Å²) in [5.41, 5.74) is 0.943. The molecule has 0 saturated heterocycles. The number of hydrogen-bond donors (Lipinski definition) is 0. The third-order valence-corrected chi connectivity index (χ3v) is 2.53. The Morgan fingerprint density at radius 2 is 2.06 bits per heavy atom. The lowest BCUT2D eigenvalue weighted by atomic mass is 10.4. The number of nitrogens with zero attached hydrogens (tertiary/aromatic N) is 4. The summed E-state index contributed by atoms with van der Waals surface area (Å²) in [5, 5.41) is 0. The summed E-state index contributed by atoms with van der Waals surface area (Å²) in [4.78, 5) is 14.7. The molecule has 92 valence electrons. The van der Waals surface area contributed by atoms with Gasteiger partial charge in [-0.2, -0.15) is 0 Å². The van der Waals surface area contributed by atoms with Crippen molar-refractivity contribution in [2.24, 2.45) is 9.98 Å². The standard InChI is InChI=1S/C13H20N4/c1-3-17(4-2)10-9-14-12-15-11-13-7-5-6-8-16-13/h5-8H,3-4,9-11H2,1-2H3. The first-order valence-corrected chi connectivity index (χ1v) is 6.07. The predicted octanol–water partition coefficient (Wildman–Crippen LogP) is 2.10. The Labute approximate surface area is 103 Å². The van der Waals surface area contributed by atoms with Gasteiger partial charge < -0.3 is 4.90 Å². The lowest BCUT2D eigenvalue weighted by Gasteiger charge is -2.15. The Morgan fingerprint density at radius 3 is 2.71 bits per heavy atom. The van der Waals surface area contributed by atoms with Gasteiger partial charge in [-0.05, 0) is 25.2 Å². The summed E-state index contributed by atoms with van der Waals surface area (Å²) < 4.78 is 0. The van der Waals surface area contributed by atoms with E-state index in [1.807, 2.05) is 18.2 Å². The van der Waals surface area contributed by atoms with Crippen LogP contribution in [0.2, 0.25) is 0 Å². The van der Waals surface area contributed by atoms with Gasteiger partial charge in [0.05, 0.1) is 24.8 Å². The zero-order valence-electron chi connectivity index (χ0n) is 10.6. The number of rotatable bonds is 7. The molecule has 0 radical (unpaired) electrons. The maximum absolute atomic E-state index is 4.17. The summed E-state index contributed by atoms with van der Waals surface area (Å²) in [6.45, 7) is 8.72. The van der Waals surface area contributed by atoms with E-state index in [1.165, 1.54) is 0 Å². The minimum Gasteiger partial charge on any atom is -0.302 e. The van der Waals surface area contributed by atoms with E-state index in [9.17, 15) is 0 Å². The van der Waals surface area contributed by atoms with Crippen LogP contribution in [-0.2, 0) is 6.54 Å². The van der Waals surface area contributed by atoms with Crippen LogP contribution in [0.25, 0.3) is 0 Å². The van der Waals surface area contributed by atoms with Crippen LogP contribution in [0.1, 0.15) is 19.5 Å². The second kappa shape index (κ2) is 8.62. The largest absolute Gasteiger partial charge is 0.302 e. The molecular formula is C13H20N4. The van der Waals surface area contributed by atoms with Crippen molar-refractivity contribution >= 4 is 6.01 Å². The molecule has 0 spiro atoms. The topological polar surface area (TPSA) is 40.9 Å². The van der Waals surface area contributed by atoms with Crippen molar-refractivity contribution < 1.29 is 0 Å². The summed E-state index contributed by atoms with van der Waals surface area (Å²) in [7, 11) is 0. The van der Waals surface area contributed by atoms with Gasteiger partial charge in [0, 0.05) is 12.7 Å². The van der Waals surface area contributed by atoms with Gasteiger partial charge in [-0.1, -0.05) is 19.9 Å². The highest BCUT2D eigenvalue weighted by Crippen LogP contribution is 1.93. The average molecular weight is 232 g/mol. The molecule has 1 heterocycles. The Morgan fingerprint density at radius 1 is 1.24 bits per heavy atom. The molecule has 4 heteroatoms. The van der Waals surface area contributed by atoms with Gasteiger partial charge in [0.25, 0.3) is 0 Å². The van der Waals surface area contributed by atoms with Crippen molar-refractivity contribution in [1.29, 1.82) is 0 Å². The van der Waals surface area contributed by atoms with Crippen molar-refractivity contribution in [3.8, 4) is 0 Å². The van der Waals surface area contributed by atoms with Crippen molar-refractivity contribution in [2.75, 3.05) is 26.2 Å². The zero-order valence-corrected chi connectivity index (χ0v) is 10.6. The minimum atomic E-state index is 0.551. The lowest BCUT2D eigenvalue weighted by Crippen LogP contribution is -2.25. The predicted molar refractivity (Wildman–Crippen MR) is 70.5 cm³/mol. The second-order valence-corrected chi connectivity index (χ2v) is 3.65. The van der Waals surface area contributed by atoms with E-state index in [4.69, 9.17) is 0 Å². The monoisotopic (exact) mass is 232 g/mol. The molecule has 0 atom stereocenters. The number of likely N-dealkylation sites (N-methyl/N-ethyl adjacent to an activating group) is 1. The molecule has 4 nitrogen and oxygen atoms in total. The molecule has 0 amide bonds. The smallest absolute Gasteiger partial charge is 0.0921 e. The van der Waals surface area contributed by atoms with Crippen LogP contribution in [0.5, 0.6) is 0 Å². The van der Waals surface area contributed by atoms with E-state index in [-0.39, 0.29) is 0 Å². The first-order valence-electron chi connectivity index (χ1n) is 6.07. The molecular weight excluding hydrogens is 212 g/mol. The highest BCUT2D eigenvalue weighted by atomic mass is 15.1. The number of pyridine rings is 1.